The lowest BCUT2D eigenvalue weighted by atomic mass is 9.76. The molecule has 1 rings (SSSR count). The summed E-state index contributed by atoms with van der Waals surface area (Å²) in [6.45, 7) is 7.98. The molecule has 0 unspecified atom stereocenters. The van der Waals surface area contributed by atoms with Crippen molar-refractivity contribution in [1.29, 1.82) is 0 Å². The summed E-state index contributed by atoms with van der Waals surface area (Å²) in [4.78, 5) is 0. The van der Waals surface area contributed by atoms with Gasteiger partial charge in [-0.2, -0.15) is 13.5 Å². The van der Waals surface area contributed by atoms with Crippen LogP contribution in [-0.4, -0.2) is 42.6 Å². The summed E-state index contributed by atoms with van der Waals surface area (Å²) in [5, 5.41) is 11.5. The van der Waals surface area contributed by atoms with Crippen LogP contribution in [-0.2, 0) is 14.3 Å². The predicted molar refractivity (Wildman–Crippen MR) is 65.3 cm³/mol. The maximum Gasteiger partial charge on any atom is 0.264 e. The Labute approximate surface area is 104 Å². The highest BCUT2D eigenvalue weighted by Crippen LogP contribution is 2.39. The van der Waals surface area contributed by atoms with Crippen LogP contribution in [0.2, 0.25) is 0 Å². The second-order valence-electron chi connectivity index (χ2n) is 6.20. The summed E-state index contributed by atoms with van der Waals surface area (Å²) in [5.41, 5.74) is -0.736. The van der Waals surface area contributed by atoms with Crippen LogP contribution in [0.25, 0.3) is 0 Å². The monoisotopic (exact) mass is 265 g/mol. The molecule has 102 valence electrons. The van der Waals surface area contributed by atoms with E-state index >= 15 is 0 Å². The van der Waals surface area contributed by atoms with Crippen LogP contribution in [0, 0.1) is 5.92 Å². The van der Waals surface area contributed by atoms with Gasteiger partial charge in [0.1, 0.15) is 0 Å². The Morgan fingerprint density at radius 1 is 1.24 bits per heavy atom. The second-order valence-corrected chi connectivity index (χ2v) is 7.84. The lowest BCUT2D eigenvalue weighted by Gasteiger charge is -2.51. The van der Waals surface area contributed by atoms with Gasteiger partial charge in [-0.15, -0.1) is 0 Å². The lowest BCUT2D eigenvalue weighted by molar-refractivity contribution is -0.252. The Morgan fingerprint density at radius 2 is 1.65 bits per heavy atom. The summed E-state index contributed by atoms with van der Waals surface area (Å²) in [6.07, 6.45) is 2.48. The molecule has 0 amide bonds. The molecule has 1 saturated heterocycles. The topological polar surface area (TPSA) is 66.8 Å². The number of rotatable bonds is 3. The van der Waals surface area contributed by atoms with Gasteiger partial charge in [-0.05, 0) is 46.5 Å². The van der Waals surface area contributed by atoms with E-state index in [1.807, 2.05) is 27.7 Å². The molecule has 0 bridgehead atoms. The van der Waals surface area contributed by atoms with Gasteiger partial charge in [0.2, 0.25) is 0 Å². The molecule has 0 spiro atoms. The molecule has 0 aliphatic carbocycles. The van der Waals surface area contributed by atoms with E-state index in [-0.39, 0.29) is 23.6 Å². The summed E-state index contributed by atoms with van der Waals surface area (Å²) >= 11 is 0. The van der Waals surface area contributed by atoms with Crippen LogP contribution in [0.3, 0.4) is 0 Å². The molecule has 0 aromatic rings. The predicted octanol–water partition coefficient (Wildman–Crippen LogP) is 1.62. The molecule has 0 aromatic carbocycles. The van der Waals surface area contributed by atoms with Crippen LogP contribution in [0.4, 0.5) is 0 Å². The number of hydroxylamine groups is 2. The zero-order chi connectivity index (χ0) is 13.5. The largest absolute Gasteiger partial charge is 0.313 e. The summed E-state index contributed by atoms with van der Waals surface area (Å²) < 4.78 is 26.8. The van der Waals surface area contributed by atoms with Crippen molar-refractivity contribution in [2.45, 2.75) is 51.6 Å². The van der Waals surface area contributed by atoms with Gasteiger partial charge in [0, 0.05) is 11.1 Å². The van der Waals surface area contributed by atoms with E-state index in [4.69, 9.17) is 4.18 Å². The highest BCUT2D eigenvalue weighted by Gasteiger charge is 2.45. The normalized spacial score (nSPS) is 26.0. The molecule has 6 heteroatoms. The fourth-order valence-corrected chi connectivity index (χ4v) is 3.25. The van der Waals surface area contributed by atoms with E-state index in [2.05, 4.69) is 0 Å². The first-order chi connectivity index (χ1) is 7.44. The first-order valence-corrected chi connectivity index (χ1v) is 7.59. The van der Waals surface area contributed by atoms with Crippen molar-refractivity contribution in [1.82, 2.24) is 5.06 Å². The van der Waals surface area contributed by atoms with E-state index in [1.165, 1.54) is 5.06 Å². The SMILES string of the molecule is CC1(C)CC(COS(C)(=O)=O)CC(C)(C)N1O. The van der Waals surface area contributed by atoms with Crippen LogP contribution < -0.4 is 0 Å². The minimum atomic E-state index is -3.39. The Bertz CT molecular complexity index is 357. The summed E-state index contributed by atoms with van der Waals surface area (Å²) in [7, 11) is -3.39. The van der Waals surface area contributed by atoms with E-state index in [1.54, 1.807) is 0 Å². The van der Waals surface area contributed by atoms with Crippen molar-refractivity contribution in [2.24, 2.45) is 5.92 Å². The van der Waals surface area contributed by atoms with E-state index in [0.717, 1.165) is 6.26 Å². The van der Waals surface area contributed by atoms with Crippen LogP contribution in [0.1, 0.15) is 40.5 Å². The minimum Gasteiger partial charge on any atom is -0.313 e. The maximum absolute atomic E-state index is 11.0. The zero-order valence-corrected chi connectivity index (χ0v) is 12.0. The van der Waals surface area contributed by atoms with Gasteiger partial charge in [0.25, 0.3) is 10.1 Å². The van der Waals surface area contributed by atoms with Crippen LogP contribution in [0.15, 0.2) is 0 Å². The molecule has 1 aliphatic rings. The van der Waals surface area contributed by atoms with Crippen molar-refractivity contribution in [3.8, 4) is 0 Å². The fraction of sp³-hybridized carbons (Fsp3) is 1.00. The number of piperidine rings is 1. The second kappa shape index (κ2) is 4.50. The van der Waals surface area contributed by atoms with Crippen molar-refractivity contribution in [3.63, 3.8) is 0 Å². The van der Waals surface area contributed by atoms with Gasteiger partial charge in [0.05, 0.1) is 12.9 Å². The summed E-state index contributed by atoms with van der Waals surface area (Å²) in [5.74, 6) is 0.137. The van der Waals surface area contributed by atoms with Gasteiger partial charge in [-0.3, -0.25) is 4.18 Å². The molecular formula is C11H23NO4S. The third-order valence-electron chi connectivity index (χ3n) is 3.24. The van der Waals surface area contributed by atoms with Gasteiger partial charge >= 0.3 is 0 Å². The lowest BCUT2D eigenvalue weighted by Crippen LogP contribution is -2.59. The highest BCUT2D eigenvalue weighted by atomic mass is 32.2. The van der Waals surface area contributed by atoms with E-state index < -0.39 is 10.1 Å². The zero-order valence-electron chi connectivity index (χ0n) is 11.2. The quantitative estimate of drug-likeness (QED) is 0.785. The average Bonchev–Trinajstić information content (AvgIpc) is 2.09. The third-order valence-corrected chi connectivity index (χ3v) is 3.81. The number of nitrogens with zero attached hydrogens (tertiary/aromatic N) is 1. The molecule has 1 heterocycles. The molecule has 1 fully saturated rings. The Kier molecular flexibility index (Phi) is 3.94. The Balaban J connectivity index is 2.72. The molecule has 0 atom stereocenters. The molecular weight excluding hydrogens is 242 g/mol. The third kappa shape index (κ3) is 3.91. The first kappa shape index (κ1) is 14.9. The van der Waals surface area contributed by atoms with Crippen molar-refractivity contribution in [3.05, 3.63) is 0 Å². The number of hydrogen-bond donors (Lipinski definition) is 1. The maximum atomic E-state index is 11.0. The number of hydrogen-bond acceptors (Lipinski definition) is 5. The molecule has 5 nitrogen and oxygen atoms in total. The van der Waals surface area contributed by atoms with Gasteiger partial charge in [-0.1, -0.05) is 0 Å². The Hall–Kier alpha value is -0.170. The van der Waals surface area contributed by atoms with Gasteiger partial charge in [0.15, 0.2) is 0 Å². The molecule has 0 aromatic heterocycles. The van der Waals surface area contributed by atoms with Crippen molar-refractivity contribution in [2.75, 3.05) is 12.9 Å². The minimum absolute atomic E-state index is 0.137. The molecule has 0 radical (unpaired) electrons. The van der Waals surface area contributed by atoms with Crippen LogP contribution >= 0.6 is 0 Å². The molecule has 1 N–H and O–H groups in total. The average molecular weight is 265 g/mol. The van der Waals surface area contributed by atoms with E-state index in [9.17, 15) is 13.6 Å². The molecule has 0 saturated carbocycles. The van der Waals surface area contributed by atoms with E-state index in [0.29, 0.717) is 12.8 Å². The Morgan fingerprint density at radius 3 is 2.00 bits per heavy atom. The highest BCUT2D eigenvalue weighted by molar-refractivity contribution is 7.85. The van der Waals surface area contributed by atoms with Gasteiger partial charge in [-0.25, -0.2) is 0 Å². The van der Waals surface area contributed by atoms with Crippen LogP contribution in [0.5, 0.6) is 0 Å². The molecule has 1 aliphatic heterocycles. The van der Waals surface area contributed by atoms with Gasteiger partial charge < -0.3 is 5.21 Å². The van der Waals surface area contributed by atoms with Crippen molar-refractivity contribution >= 4 is 10.1 Å². The van der Waals surface area contributed by atoms with Crippen molar-refractivity contribution < 1.29 is 17.8 Å². The molecule has 17 heavy (non-hydrogen) atoms. The standard InChI is InChI=1S/C11H23NO4S/c1-10(2)6-9(8-16-17(5,14)15)7-11(3,4)12(10)13/h9,13H,6-8H2,1-5H3. The summed E-state index contributed by atoms with van der Waals surface area (Å²) in [6, 6.07) is 0. The first-order valence-electron chi connectivity index (χ1n) is 5.78. The smallest absolute Gasteiger partial charge is 0.264 e. The fourth-order valence-electron chi connectivity index (χ4n) is 2.82.